The van der Waals surface area contributed by atoms with Crippen LogP contribution >= 0.6 is 15.9 Å². The van der Waals surface area contributed by atoms with Crippen molar-refractivity contribution in [3.05, 3.63) is 34.4 Å². The van der Waals surface area contributed by atoms with Crippen molar-refractivity contribution in [1.82, 2.24) is 9.88 Å². The highest BCUT2D eigenvalue weighted by Gasteiger charge is 2.30. The van der Waals surface area contributed by atoms with Gasteiger partial charge in [-0.25, -0.2) is 9.59 Å². The minimum absolute atomic E-state index is 0.222. The maximum atomic E-state index is 12.3. The first-order valence-corrected chi connectivity index (χ1v) is 8.72. The van der Waals surface area contributed by atoms with E-state index in [1.807, 2.05) is 0 Å². The number of rotatable bonds is 3. The number of carbonyl (C=O) groups is 3. The average Bonchev–Trinajstić information content (AvgIpc) is 2.91. The number of nitrogens with zero attached hydrogens (tertiary/aromatic N) is 1. The molecule has 1 unspecified atom stereocenters. The largest absolute Gasteiger partial charge is 0.467 e. The molecule has 2 rings (SSSR count). The van der Waals surface area contributed by atoms with Crippen molar-refractivity contribution in [3.63, 3.8) is 0 Å². The molecule has 0 radical (unpaired) electrons. The van der Waals surface area contributed by atoms with Crippen LogP contribution in [-0.4, -0.2) is 35.2 Å². The van der Waals surface area contributed by atoms with Crippen LogP contribution in [0.3, 0.4) is 0 Å². The first-order chi connectivity index (χ1) is 12.0. The first kappa shape index (κ1) is 20.0. The number of hydrogen-bond donors (Lipinski definition) is 1. The van der Waals surface area contributed by atoms with E-state index in [9.17, 15) is 14.4 Å². The monoisotopic (exact) mass is 424 g/mol. The summed E-state index contributed by atoms with van der Waals surface area (Å²) >= 11 is 3.44. The maximum Gasteiger partial charge on any atom is 0.408 e. The number of carbonyl (C=O) groups excluding carboxylic acids is 3. The van der Waals surface area contributed by atoms with E-state index in [1.54, 1.807) is 39.0 Å². The van der Waals surface area contributed by atoms with Crippen LogP contribution in [0.5, 0.6) is 0 Å². The van der Waals surface area contributed by atoms with Crippen LogP contribution in [0.15, 0.2) is 28.9 Å². The lowest BCUT2D eigenvalue weighted by Gasteiger charge is -2.22. The summed E-state index contributed by atoms with van der Waals surface area (Å²) < 4.78 is 12.2. The number of methoxy groups -OCH3 is 1. The van der Waals surface area contributed by atoms with Crippen molar-refractivity contribution in [1.29, 1.82) is 0 Å². The molecule has 1 atom stereocenters. The molecule has 1 N–H and O–H groups in total. The second kappa shape index (κ2) is 7.49. The summed E-state index contributed by atoms with van der Waals surface area (Å²) in [6, 6.07) is 4.20. The number of halogens is 1. The van der Waals surface area contributed by atoms with Crippen LogP contribution in [0, 0.1) is 0 Å². The minimum Gasteiger partial charge on any atom is -0.467 e. The fourth-order valence-corrected chi connectivity index (χ4v) is 3.14. The van der Waals surface area contributed by atoms with Gasteiger partial charge in [0.1, 0.15) is 5.60 Å². The molecule has 0 aliphatic carbocycles. The number of esters is 1. The van der Waals surface area contributed by atoms with Gasteiger partial charge in [-0.05, 0) is 32.9 Å². The fourth-order valence-electron chi connectivity index (χ4n) is 2.56. The van der Waals surface area contributed by atoms with E-state index in [-0.39, 0.29) is 5.91 Å². The highest BCUT2D eigenvalue weighted by atomic mass is 79.9. The van der Waals surface area contributed by atoms with E-state index in [4.69, 9.17) is 9.47 Å². The quantitative estimate of drug-likeness (QED) is 0.756. The number of aromatic nitrogens is 1. The molecular weight excluding hydrogens is 404 g/mol. The van der Waals surface area contributed by atoms with Crippen LogP contribution in [0.1, 0.15) is 44.1 Å². The van der Waals surface area contributed by atoms with Gasteiger partial charge in [0.25, 0.3) is 0 Å². The Labute approximate surface area is 159 Å². The summed E-state index contributed by atoms with van der Waals surface area (Å²) in [6.07, 6.45) is 0.764. The Balaban J connectivity index is 2.57. The summed E-state index contributed by atoms with van der Waals surface area (Å²) in [5.41, 5.74) is 0.320. The number of fused-ring (bicyclic) bond motifs is 1. The van der Waals surface area contributed by atoms with E-state index in [1.165, 1.54) is 24.8 Å². The number of alkyl carbamates (subject to hydrolysis) is 1. The van der Waals surface area contributed by atoms with Crippen LogP contribution in [0.25, 0.3) is 10.9 Å². The number of ether oxygens (including phenoxy) is 2. The van der Waals surface area contributed by atoms with Gasteiger partial charge in [0.15, 0.2) is 6.04 Å². The Morgan fingerprint density at radius 1 is 1.23 bits per heavy atom. The van der Waals surface area contributed by atoms with Crippen LogP contribution < -0.4 is 5.32 Å². The van der Waals surface area contributed by atoms with Gasteiger partial charge in [-0.3, -0.25) is 9.36 Å². The summed E-state index contributed by atoms with van der Waals surface area (Å²) in [7, 11) is 1.23. The van der Waals surface area contributed by atoms with Gasteiger partial charge in [-0.1, -0.05) is 22.0 Å². The molecule has 0 saturated carbocycles. The zero-order chi connectivity index (χ0) is 19.6. The highest BCUT2D eigenvalue weighted by Crippen LogP contribution is 2.33. The average molecular weight is 425 g/mol. The molecule has 0 saturated heterocycles. The van der Waals surface area contributed by atoms with E-state index in [0.717, 1.165) is 0 Å². The Morgan fingerprint density at radius 2 is 1.88 bits per heavy atom. The van der Waals surface area contributed by atoms with E-state index in [0.29, 0.717) is 20.9 Å². The Morgan fingerprint density at radius 3 is 2.42 bits per heavy atom. The third-order valence-electron chi connectivity index (χ3n) is 3.56. The van der Waals surface area contributed by atoms with Crippen molar-refractivity contribution >= 4 is 44.8 Å². The normalized spacial score (nSPS) is 12.5. The molecule has 0 spiro atoms. The van der Waals surface area contributed by atoms with E-state index >= 15 is 0 Å². The van der Waals surface area contributed by atoms with E-state index in [2.05, 4.69) is 21.2 Å². The molecule has 1 amide bonds. The summed E-state index contributed by atoms with van der Waals surface area (Å²) in [5.74, 6) is -0.894. The summed E-state index contributed by atoms with van der Waals surface area (Å²) in [4.78, 5) is 36.5. The molecule has 26 heavy (non-hydrogen) atoms. The molecule has 7 nitrogen and oxygen atoms in total. The number of amides is 1. The number of hydrogen-bond acceptors (Lipinski definition) is 5. The van der Waals surface area contributed by atoms with Gasteiger partial charge in [0, 0.05) is 28.5 Å². The lowest BCUT2D eigenvalue weighted by molar-refractivity contribution is -0.143. The standard InChI is InChI=1S/C18H21BrN2O5/c1-10(22)21-9-11(14-12(19)7-6-8-13(14)21)15(16(23)25-5)20-17(24)26-18(2,3)4/h6-9,15H,1-5H3,(H,20,24). The molecule has 8 heteroatoms. The van der Waals surface area contributed by atoms with Crippen molar-refractivity contribution in [3.8, 4) is 0 Å². The molecule has 1 heterocycles. The molecule has 1 aromatic heterocycles. The third kappa shape index (κ3) is 4.24. The zero-order valence-electron chi connectivity index (χ0n) is 15.3. The lowest BCUT2D eigenvalue weighted by Crippen LogP contribution is -2.38. The number of nitrogens with one attached hydrogen (secondary N) is 1. The fraction of sp³-hybridized carbons (Fsp3) is 0.389. The van der Waals surface area contributed by atoms with Gasteiger partial charge in [-0.2, -0.15) is 0 Å². The smallest absolute Gasteiger partial charge is 0.408 e. The topological polar surface area (TPSA) is 86.6 Å². The predicted molar refractivity (Wildman–Crippen MR) is 100 cm³/mol. The highest BCUT2D eigenvalue weighted by molar-refractivity contribution is 9.10. The molecule has 0 aliphatic rings. The Bertz CT molecular complexity index is 866. The van der Waals surface area contributed by atoms with Crippen molar-refractivity contribution < 1.29 is 23.9 Å². The SMILES string of the molecule is COC(=O)C(NC(=O)OC(C)(C)C)c1cn(C(C)=O)c2cccc(Br)c12. The number of benzene rings is 1. The van der Waals surface area contributed by atoms with E-state index < -0.39 is 23.7 Å². The molecule has 1 aromatic carbocycles. The first-order valence-electron chi connectivity index (χ1n) is 7.93. The third-order valence-corrected chi connectivity index (χ3v) is 4.22. The molecule has 0 aliphatic heterocycles. The van der Waals surface area contributed by atoms with Crippen molar-refractivity contribution in [2.45, 2.75) is 39.3 Å². The van der Waals surface area contributed by atoms with Gasteiger partial charge in [0.2, 0.25) is 5.91 Å². The van der Waals surface area contributed by atoms with Crippen LogP contribution in [0.4, 0.5) is 4.79 Å². The molecule has 140 valence electrons. The Hall–Kier alpha value is -2.35. The van der Waals surface area contributed by atoms with Crippen LogP contribution in [-0.2, 0) is 14.3 Å². The predicted octanol–water partition coefficient (Wildman–Crippen LogP) is 3.80. The minimum atomic E-state index is -1.13. The van der Waals surface area contributed by atoms with Gasteiger partial charge in [0.05, 0.1) is 12.6 Å². The molecule has 0 fully saturated rings. The lowest BCUT2D eigenvalue weighted by atomic mass is 10.1. The van der Waals surface area contributed by atoms with Crippen molar-refractivity contribution in [2.75, 3.05) is 7.11 Å². The van der Waals surface area contributed by atoms with Gasteiger partial charge < -0.3 is 14.8 Å². The second-order valence-electron chi connectivity index (χ2n) is 6.71. The summed E-state index contributed by atoms with van der Waals surface area (Å²) in [6.45, 7) is 6.58. The van der Waals surface area contributed by atoms with Gasteiger partial charge in [-0.15, -0.1) is 0 Å². The maximum absolute atomic E-state index is 12.3. The van der Waals surface area contributed by atoms with Gasteiger partial charge >= 0.3 is 12.1 Å². The molecule has 2 aromatic rings. The van der Waals surface area contributed by atoms with Crippen molar-refractivity contribution in [2.24, 2.45) is 0 Å². The molecule has 0 bridgehead atoms. The second-order valence-corrected chi connectivity index (χ2v) is 7.56. The van der Waals surface area contributed by atoms with Crippen LogP contribution in [0.2, 0.25) is 0 Å². The zero-order valence-corrected chi connectivity index (χ0v) is 16.8. The Kier molecular flexibility index (Phi) is 5.75. The summed E-state index contributed by atoms with van der Waals surface area (Å²) in [5, 5.41) is 3.16. The molecular formula is C18H21BrN2O5.